The molecule has 1 aromatic heterocycles. The molecule has 2 aromatic carbocycles. The van der Waals surface area contributed by atoms with Crippen molar-refractivity contribution in [1.29, 1.82) is 0 Å². The molecule has 0 atom stereocenters. The number of nitrogens with one attached hydrogen (secondary N) is 2. The van der Waals surface area contributed by atoms with E-state index in [4.69, 9.17) is 0 Å². The van der Waals surface area contributed by atoms with Crippen molar-refractivity contribution in [3.05, 3.63) is 48.0 Å². The van der Waals surface area contributed by atoms with Crippen LogP contribution in [0.2, 0.25) is 0 Å². The number of carbonyl (C=O) groups is 2. The summed E-state index contributed by atoms with van der Waals surface area (Å²) in [7, 11) is 0. The Morgan fingerprint density at radius 3 is 2.33 bits per heavy atom. The average molecular weight is 340 g/mol. The summed E-state index contributed by atoms with van der Waals surface area (Å²) in [4.78, 5) is 23.9. The van der Waals surface area contributed by atoms with Crippen LogP contribution in [0.3, 0.4) is 0 Å². The minimum atomic E-state index is -0.215. The fraction of sp³-hybridized carbons (Fsp3) is 0.176. The molecule has 0 unspecified atom stereocenters. The van der Waals surface area contributed by atoms with Crippen LogP contribution in [-0.2, 0) is 4.79 Å². The van der Waals surface area contributed by atoms with Gasteiger partial charge in [0.2, 0.25) is 5.91 Å². The van der Waals surface area contributed by atoms with Gasteiger partial charge < -0.3 is 10.6 Å². The van der Waals surface area contributed by atoms with E-state index in [0.717, 1.165) is 23.7 Å². The Bertz CT molecular complexity index is 874. The number of aromatic nitrogens is 2. The summed E-state index contributed by atoms with van der Waals surface area (Å²) >= 11 is 1.12. The van der Waals surface area contributed by atoms with Crippen LogP contribution in [0.1, 0.15) is 30.1 Å². The monoisotopic (exact) mass is 340 g/mol. The lowest BCUT2D eigenvalue weighted by atomic mass is 10.2. The van der Waals surface area contributed by atoms with Gasteiger partial charge in [-0.2, -0.15) is 8.75 Å². The lowest BCUT2D eigenvalue weighted by Crippen LogP contribution is -2.12. The highest BCUT2D eigenvalue weighted by Crippen LogP contribution is 2.17. The van der Waals surface area contributed by atoms with Gasteiger partial charge in [0.05, 0.1) is 11.7 Å². The lowest BCUT2D eigenvalue weighted by molar-refractivity contribution is -0.116. The van der Waals surface area contributed by atoms with Gasteiger partial charge in [0.15, 0.2) is 0 Å². The average Bonchev–Trinajstić information content (AvgIpc) is 3.04. The van der Waals surface area contributed by atoms with E-state index in [9.17, 15) is 9.59 Å². The lowest BCUT2D eigenvalue weighted by Gasteiger charge is -2.08. The quantitative estimate of drug-likeness (QED) is 0.742. The van der Waals surface area contributed by atoms with Crippen LogP contribution in [0.25, 0.3) is 11.0 Å². The molecular weight excluding hydrogens is 324 g/mol. The smallest absolute Gasteiger partial charge is 0.255 e. The molecule has 0 aliphatic carbocycles. The van der Waals surface area contributed by atoms with Crippen LogP contribution < -0.4 is 10.6 Å². The first kappa shape index (κ1) is 16.1. The highest BCUT2D eigenvalue weighted by Gasteiger charge is 2.09. The number of carbonyl (C=O) groups excluding carboxylic acids is 2. The third kappa shape index (κ3) is 3.75. The Morgan fingerprint density at radius 1 is 0.958 bits per heavy atom. The zero-order valence-electron chi connectivity index (χ0n) is 13.1. The first-order valence-electron chi connectivity index (χ1n) is 7.59. The largest absolute Gasteiger partial charge is 0.326 e. The van der Waals surface area contributed by atoms with E-state index in [1.807, 2.05) is 6.92 Å². The standard InChI is InChI=1S/C17H16N4O2S/c1-2-3-16(22)18-12-5-7-13(8-6-12)19-17(23)11-4-9-14-15(10-11)21-24-20-14/h4-10H,2-3H2,1H3,(H,18,22)(H,19,23). The minimum absolute atomic E-state index is 0.0144. The van der Waals surface area contributed by atoms with Gasteiger partial charge in [-0.15, -0.1) is 0 Å². The highest BCUT2D eigenvalue weighted by atomic mass is 32.1. The molecule has 0 saturated carbocycles. The zero-order valence-corrected chi connectivity index (χ0v) is 13.9. The fourth-order valence-electron chi connectivity index (χ4n) is 2.21. The van der Waals surface area contributed by atoms with Crippen LogP contribution in [0, 0.1) is 0 Å². The number of benzene rings is 2. The molecule has 122 valence electrons. The Kier molecular flexibility index (Phi) is 4.81. The van der Waals surface area contributed by atoms with Crippen LogP contribution >= 0.6 is 11.7 Å². The summed E-state index contributed by atoms with van der Waals surface area (Å²) in [5.74, 6) is -0.230. The number of hydrogen-bond donors (Lipinski definition) is 2. The number of nitrogens with zero attached hydrogens (tertiary/aromatic N) is 2. The summed E-state index contributed by atoms with van der Waals surface area (Å²) < 4.78 is 8.25. The second kappa shape index (κ2) is 7.18. The van der Waals surface area contributed by atoms with Crippen molar-refractivity contribution < 1.29 is 9.59 Å². The van der Waals surface area contributed by atoms with Gasteiger partial charge in [0.1, 0.15) is 11.0 Å². The topological polar surface area (TPSA) is 84.0 Å². The summed E-state index contributed by atoms with van der Waals surface area (Å²) in [5, 5.41) is 5.63. The van der Waals surface area contributed by atoms with Crippen LogP contribution in [0.5, 0.6) is 0 Å². The summed E-state index contributed by atoms with van der Waals surface area (Å²) in [6.45, 7) is 1.96. The molecule has 0 bridgehead atoms. The Balaban J connectivity index is 1.66. The van der Waals surface area contributed by atoms with Crippen LogP contribution in [0.15, 0.2) is 42.5 Å². The molecule has 7 heteroatoms. The predicted octanol–water partition coefficient (Wildman–Crippen LogP) is 3.68. The number of anilines is 2. The van der Waals surface area contributed by atoms with Gasteiger partial charge in [-0.05, 0) is 48.9 Å². The second-order valence-electron chi connectivity index (χ2n) is 5.30. The van der Waals surface area contributed by atoms with Gasteiger partial charge >= 0.3 is 0 Å². The minimum Gasteiger partial charge on any atom is -0.326 e. The van der Waals surface area contributed by atoms with Gasteiger partial charge in [-0.3, -0.25) is 9.59 Å². The van der Waals surface area contributed by atoms with Crippen molar-refractivity contribution in [2.75, 3.05) is 10.6 Å². The molecule has 1 heterocycles. The van der Waals surface area contributed by atoms with E-state index in [0.29, 0.717) is 28.9 Å². The molecular formula is C17H16N4O2S. The van der Waals surface area contributed by atoms with E-state index >= 15 is 0 Å². The van der Waals surface area contributed by atoms with Crippen molar-refractivity contribution in [1.82, 2.24) is 8.75 Å². The predicted molar refractivity (Wildman–Crippen MR) is 95.3 cm³/mol. The third-order valence-corrected chi connectivity index (χ3v) is 3.98. The maximum absolute atomic E-state index is 12.3. The second-order valence-corrected chi connectivity index (χ2v) is 5.83. The maximum atomic E-state index is 12.3. The van der Waals surface area contributed by atoms with Gasteiger partial charge in [0, 0.05) is 23.4 Å². The number of fused-ring (bicyclic) bond motifs is 1. The summed E-state index contributed by atoms with van der Waals surface area (Å²) in [6, 6.07) is 12.2. The molecule has 0 aliphatic rings. The molecule has 3 aromatic rings. The van der Waals surface area contributed by atoms with Crippen molar-refractivity contribution in [3.8, 4) is 0 Å². The van der Waals surface area contributed by atoms with Gasteiger partial charge in [0.25, 0.3) is 5.91 Å². The first-order chi connectivity index (χ1) is 11.7. The molecule has 0 spiro atoms. The van der Waals surface area contributed by atoms with Crippen molar-refractivity contribution in [2.24, 2.45) is 0 Å². The third-order valence-electron chi connectivity index (χ3n) is 3.42. The Hall–Kier alpha value is -2.80. The molecule has 0 saturated heterocycles. The summed E-state index contributed by atoms with van der Waals surface area (Å²) in [5.41, 5.74) is 3.38. The number of rotatable bonds is 5. The van der Waals surface area contributed by atoms with E-state index in [2.05, 4.69) is 19.4 Å². The van der Waals surface area contributed by atoms with Gasteiger partial charge in [-0.25, -0.2) is 0 Å². The Labute approximate surface area is 143 Å². The summed E-state index contributed by atoms with van der Waals surface area (Å²) in [6.07, 6.45) is 1.30. The van der Waals surface area contributed by atoms with E-state index in [-0.39, 0.29) is 11.8 Å². The van der Waals surface area contributed by atoms with E-state index in [1.54, 1.807) is 42.5 Å². The van der Waals surface area contributed by atoms with E-state index in [1.165, 1.54) is 0 Å². The molecule has 2 amide bonds. The fourth-order valence-corrected chi connectivity index (χ4v) is 2.73. The maximum Gasteiger partial charge on any atom is 0.255 e. The molecule has 24 heavy (non-hydrogen) atoms. The molecule has 0 aliphatic heterocycles. The normalized spacial score (nSPS) is 10.5. The van der Waals surface area contributed by atoms with Crippen molar-refractivity contribution >= 4 is 46.0 Å². The molecule has 6 nitrogen and oxygen atoms in total. The van der Waals surface area contributed by atoms with Crippen LogP contribution in [0.4, 0.5) is 11.4 Å². The first-order valence-corrected chi connectivity index (χ1v) is 8.32. The molecule has 0 radical (unpaired) electrons. The molecule has 2 N–H and O–H groups in total. The zero-order chi connectivity index (χ0) is 16.9. The van der Waals surface area contributed by atoms with Crippen LogP contribution in [-0.4, -0.2) is 20.6 Å². The molecule has 0 fully saturated rings. The Morgan fingerprint density at radius 2 is 1.62 bits per heavy atom. The molecule has 3 rings (SSSR count). The number of amides is 2. The highest BCUT2D eigenvalue weighted by molar-refractivity contribution is 7.00. The SMILES string of the molecule is CCCC(=O)Nc1ccc(NC(=O)c2ccc3nsnc3c2)cc1. The number of hydrogen-bond acceptors (Lipinski definition) is 5. The van der Waals surface area contributed by atoms with Crippen molar-refractivity contribution in [3.63, 3.8) is 0 Å². The van der Waals surface area contributed by atoms with Crippen molar-refractivity contribution in [2.45, 2.75) is 19.8 Å². The van der Waals surface area contributed by atoms with Gasteiger partial charge in [-0.1, -0.05) is 6.92 Å². The van der Waals surface area contributed by atoms with E-state index < -0.39 is 0 Å².